The van der Waals surface area contributed by atoms with Crippen LogP contribution < -0.4 is 4.90 Å². The number of carboxylic acid groups (broad SMARTS) is 1. The number of anilines is 1. The van der Waals surface area contributed by atoms with E-state index in [1.165, 1.54) is 29.2 Å². The highest BCUT2D eigenvalue weighted by Crippen LogP contribution is 2.29. The molecule has 1 aliphatic heterocycles. The number of rotatable bonds is 2. The van der Waals surface area contributed by atoms with Crippen molar-refractivity contribution in [3.8, 4) is 0 Å². The highest BCUT2D eigenvalue weighted by atomic mass is 19.1. The molecule has 1 heterocycles. The van der Waals surface area contributed by atoms with Gasteiger partial charge in [-0.15, -0.1) is 0 Å². The van der Waals surface area contributed by atoms with Gasteiger partial charge in [0.2, 0.25) is 0 Å². The molecule has 2 aromatic rings. The molecule has 0 aliphatic carbocycles. The van der Waals surface area contributed by atoms with Crippen LogP contribution in [-0.4, -0.2) is 35.7 Å². The molecular weight excluding hydrogens is 302 g/mol. The molecule has 1 fully saturated rings. The van der Waals surface area contributed by atoms with E-state index in [1.807, 2.05) is 4.90 Å². The van der Waals surface area contributed by atoms with Gasteiger partial charge in [-0.3, -0.25) is 4.90 Å². The van der Waals surface area contributed by atoms with Gasteiger partial charge >= 0.3 is 6.09 Å². The van der Waals surface area contributed by atoms with Crippen molar-refractivity contribution < 1.29 is 18.7 Å². The average Bonchev–Trinajstić information content (AvgIpc) is 2.55. The van der Waals surface area contributed by atoms with Crippen LogP contribution in [-0.2, 0) is 0 Å². The molecule has 0 aromatic heterocycles. The number of benzene rings is 2. The van der Waals surface area contributed by atoms with Crippen LogP contribution >= 0.6 is 0 Å². The zero-order valence-corrected chi connectivity index (χ0v) is 12.3. The normalized spacial score (nSPS) is 18.1. The fourth-order valence-electron chi connectivity index (χ4n) is 2.87. The molecule has 6 heteroatoms. The van der Waals surface area contributed by atoms with Crippen LogP contribution in [0.3, 0.4) is 0 Å². The van der Waals surface area contributed by atoms with Gasteiger partial charge in [-0.2, -0.15) is 0 Å². The Labute approximate surface area is 132 Å². The van der Waals surface area contributed by atoms with E-state index >= 15 is 0 Å². The maximum absolute atomic E-state index is 13.1. The molecular formula is C17H16F2N2O2. The van der Waals surface area contributed by atoms with Gasteiger partial charge in [-0.25, -0.2) is 13.6 Å². The molecule has 1 amide bonds. The maximum atomic E-state index is 13.1. The predicted octanol–water partition coefficient (Wildman–Crippen LogP) is 3.51. The summed E-state index contributed by atoms with van der Waals surface area (Å²) in [4.78, 5) is 14.8. The number of piperazine rings is 1. The Morgan fingerprint density at radius 3 is 2.09 bits per heavy atom. The Morgan fingerprint density at radius 2 is 1.52 bits per heavy atom. The second-order valence-corrected chi connectivity index (χ2v) is 5.47. The Balaban J connectivity index is 1.87. The van der Waals surface area contributed by atoms with Gasteiger partial charge in [0.25, 0.3) is 0 Å². The van der Waals surface area contributed by atoms with Crippen molar-refractivity contribution in [1.29, 1.82) is 0 Å². The van der Waals surface area contributed by atoms with Crippen LogP contribution in [0.15, 0.2) is 48.5 Å². The van der Waals surface area contributed by atoms with E-state index in [9.17, 15) is 18.7 Å². The lowest BCUT2D eigenvalue weighted by Crippen LogP contribution is -2.50. The van der Waals surface area contributed by atoms with E-state index in [1.54, 1.807) is 24.3 Å². The monoisotopic (exact) mass is 318 g/mol. The summed E-state index contributed by atoms with van der Waals surface area (Å²) in [5.74, 6) is -0.671. The molecule has 1 atom stereocenters. The molecule has 120 valence electrons. The third kappa shape index (κ3) is 3.26. The second-order valence-electron chi connectivity index (χ2n) is 5.47. The van der Waals surface area contributed by atoms with Gasteiger partial charge in [0.1, 0.15) is 11.6 Å². The first-order chi connectivity index (χ1) is 11.0. The minimum absolute atomic E-state index is 0.312. The summed E-state index contributed by atoms with van der Waals surface area (Å²) in [5.41, 5.74) is 1.57. The molecule has 0 bridgehead atoms. The van der Waals surface area contributed by atoms with Crippen molar-refractivity contribution in [3.05, 3.63) is 65.7 Å². The fourth-order valence-corrected chi connectivity index (χ4v) is 2.87. The van der Waals surface area contributed by atoms with Gasteiger partial charge in [0.15, 0.2) is 0 Å². The Morgan fingerprint density at radius 1 is 0.957 bits per heavy atom. The topological polar surface area (TPSA) is 43.8 Å². The predicted molar refractivity (Wildman–Crippen MR) is 82.5 cm³/mol. The van der Waals surface area contributed by atoms with Gasteiger partial charge in [0.05, 0.1) is 6.04 Å². The Kier molecular flexibility index (Phi) is 4.14. The third-order valence-corrected chi connectivity index (χ3v) is 4.07. The standard InChI is InChI=1S/C17H16F2N2O2/c18-13-3-1-12(2-4-13)16-11-20(9-10-21(16)17(22)23)15-7-5-14(19)6-8-15/h1-8,16H,9-11H2,(H,22,23). The lowest BCUT2D eigenvalue weighted by molar-refractivity contribution is 0.118. The van der Waals surface area contributed by atoms with Gasteiger partial charge in [0, 0.05) is 25.3 Å². The first-order valence-electron chi connectivity index (χ1n) is 7.30. The Hall–Kier alpha value is -2.63. The molecule has 0 radical (unpaired) electrons. The molecule has 3 rings (SSSR count). The largest absolute Gasteiger partial charge is 0.465 e. The van der Waals surface area contributed by atoms with Gasteiger partial charge < -0.3 is 10.0 Å². The van der Waals surface area contributed by atoms with Crippen LogP contribution in [0.5, 0.6) is 0 Å². The number of hydrogen-bond donors (Lipinski definition) is 1. The molecule has 1 N–H and O–H groups in total. The number of hydrogen-bond acceptors (Lipinski definition) is 2. The number of halogens is 2. The summed E-state index contributed by atoms with van der Waals surface area (Å²) in [6.07, 6.45) is -1.00. The van der Waals surface area contributed by atoms with E-state index in [0.717, 1.165) is 11.3 Å². The zero-order chi connectivity index (χ0) is 16.4. The van der Waals surface area contributed by atoms with Crippen LogP contribution in [0, 0.1) is 11.6 Å². The van der Waals surface area contributed by atoms with Crippen LogP contribution in [0.2, 0.25) is 0 Å². The maximum Gasteiger partial charge on any atom is 0.407 e. The van der Waals surface area contributed by atoms with Crippen LogP contribution in [0.1, 0.15) is 11.6 Å². The van der Waals surface area contributed by atoms with Crippen LogP contribution in [0.25, 0.3) is 0 Å². The van der Waals surface area contributed by atoms with Crippen molar-refractivity contribution >= 4 is 11.8 Å². The molecule has 1 unspecified atom stereocenters. The van der Waals surface area contributed by atoms with E-state index in [-0.39, 0.29) is 11.6 Å². The molecule has 0 saturated carbocycles. The summed E-state index contributed by atoms with van der Waals surface area (Å²) in [5, 5.41) is 9.40. The van der Waals surface area contributed by atoms with E-state index in [4.69, 9.17) is 0 Å². The first kappa shape index (κ1) is 15.3. The summed E-state index contributed by atoms with van der Waals surface area (Å²) in [6, 6.07) is 11.6. The van der Waals surface area contributed by atoms with E-state index in [2.05, 4.69) is 0 Å². The first-order valence-corrected chi connectivity index (χ1v) is 7.30. The Bertz CT molecular complexity index is 689. The summed E-state index contributed by atoms with van der Waals surface area (Å²) in [6.45, 7) is 1.29. The van der Waals surface area contributed by atoms with Crippen molar-refractivity contribution in [3.63, 3.8) is 0 Å². The number of carbonyl (C=O) groups is 1. The summed E-state index contributed by atoms with van der Waals surface area (Å²) < 4.78 is 26.2. The van der Waals surface area contributed by atoms with Crippen molar-refractivity contribution in [2.75, 3.05) is 24.5 Å². The second kappa shape index (κ2) is 6.24. The quantitative estimate of drug-likeness (QED) is 0.921. The van der Waals surface area contributed by atoms with Crippen molar-refractivity contribution in [1.82, 2.24) is 4.90 Å². The summed E-state index contributed by atoms with van der Waals surface area (Å²) >= 11 is 0. The highest BCUT2D eigenvalue weighted by molar-refractivity contribution is 5.66. The summed E-state index contributed by atoms with van der Waals surface area (Å²) in [7, 11) is 0. The number of amides is 1. The van der Waals surface area contributed by atoms with Gasteiger partial charge in [-0.05, 0) is 42.0 Å². The van der Waals surface area contributed by atoms with E-state index < -0.39 is 12.1 Å². The molecule has 23 heavy (non-hydrogen) atoms. The molecule has 4 nitrogen and oxygen atoms in total. The molecule has 1 saturated heterocycles. The van der Waals surface area contributed by atoms with Crippen molar-refractivity contribution in [2.24, 2.45) is 0 Å². The molecule has 2 aromatic carbocycles. The van der Waals surface area contributed by atoms with Crippen LogP contribution in [0.4, 0.5) is 19.3 Å². The molecule has 1 aliphatic rings. The van der Waals surface area contributed by atoms with Gasteiger partial charge in [-0.1, -0.05) is 12.1 Å². The highest BCUT2D eigenvalue weighted by Gasteiger charge is 2.31. The third-order valence-electron chi connectivity index (χ3n) is 4.07. The van der Waals surface area contributed by atoms with Crippen molar-refractivity contribution in [2.45, 2.75) is 6.04 Å². The smallest absolute Gasteiger partial charge is 0.407 e. The fraction of sp³-hybridized carbons (Fsp3) is 0.235. The molecule has 0 spiro atoms. The minimum Gasteiger partial charge on any atom is -0.465 e. The number of nitrogens with zero attached hydrogens (tertiary/aromatic N) is 2. The lowest BCUT2D eigenvalue weighted by Gasteiger charge is -2.41. The zero-order valence-electron chi connectivity index (χ0n) is 12.3. The lowest BCUT2D eigenvalue weighted by atomic mass is 10.0. The SMILES string of the molecule is O=C(O)N1CCN(c2ccc(F)cc2)CC1c1ccc(F)cc1. The average molecular weight is 318 g/mol. The minimum atomic E-state index is -1.00. The van der Waals surface area contributed by atoms with E-state index in [0.29, 0.717) is 19.6 Å².